The monoisotopic (exact) mass is 520 g/mol. The van der Waals surface area contributed by atoms with Gasteiger partial charge < -0.3 is 14.4 Å². The van der Waals surface area contributed by atoms with Gasteiger partial charge in [0.25, 0.3) is 11.5 Å². The SMILES string of the molecule is CCOc1cc(C=Nn2c(C)c(SC)c(C)c(C#N)c2=O)cc(Br)c1OCC(=O)N(C)C. The minimum Gasteiger partial charge on any atom is -0.490 e. The van der Waals surface area contributed by atoms with E-state index < -0.39 is 5.56 Å². The third-order valence-electron chi connectivity index (χ3n) is 4.58. The summed E-state index contributed by atoms with van der Waals surface area (Å²) in [6, 6.07) is 5.44. The van der Waals surface area contributed by atoms with Crippen molar-refractivity contribution in [2.75, 3.05) is 33.6 Å². The number of amides is 1. The fourth-order valence-corrected chi connectivity index (χ4v) is 4.29. The quantitative estimate of drug-likeness (QED) is 0.389. The lowest BCUT2D eigenvalue weighted by Crippen LogP contribution is -2.27. The molecule has 1 aromatic carbocycles. The summed E-state index contributed by atoms with van der Waals surface area (Å²) in [5, 5.41) is 13.8. The van der Waals surface area contributed by atoms with Crippen molar-refractivity contribution >= 4 is 39.8 Å². The molecule has 0 saturated carbocycles. The summed E-state index contributed by atoms with van der Waals surface area (Å²) in [4.78, 5) is 26.9. The Morgan fingerprint density at radius 2 is 2.03 bits per heavy atom. The van der Waals surface area contributed by atoms with Crippen LogP contribution in [0.25, 0.3) is 0 Å². The predicted octanol–water partition coefficient (Wildman–Crippen LogP) is 3.57. The molecular formula is C22H25BrN4O4S. The molecule has 0 spiro atoms. The average Bonchev–Trinajstić information content (AvgIpc) is 2.73. The number of ether oxygens (including phenoxy) is 2. The van der Waals surface area contributed by atoms with E-state index in [9.17, 15) is 14.9 Å². The van der Waals surface area contributed by atoms with Gasteiger partial charge in [0, 0.05) is 19.0 Å². The van der Waals surface area contributed by atoms with Gasteiger partial charge >= 0.3 is 0 Å². The van der Waals surface area contributed by atoms with E-state index in [1.165, 1.54) is 27.6 Å². The molecule has 0 radical (unpaired) electrons. The number of hydrogen-bond donors (Lipinski definition) is 0. The van der Waals surface area contributed by atoms with Crippen LogP contribution >= 0.6 is 27.7 Å². The van der Waals surface area contributed by atoms with Crippen LogP contribution in [0.1, 0.15) is 29.3 Å². The molecule has 10 heteroatoms. The summed E-state index contributed by atoms with van der Waals surface area (Å²) in [5.74, 6) is 0.654. The van der Waals surface area contributed by atoms with Crippen LogP contribution in [0.4, 0.5) is 0 Å². The van der Waals surface area contributed by atoms with Gasteiger partial charge in [0.2, 0.25) is 0 Å². The number of nitriles is 1. The molecule has 0 aliphatic heterocycles. The number of likely N-dealkylation sites (N-methyl/N-ethyl adjacent to an activating group) is 1. The van der Waals surface area contributed by atoms with E-state index in [0.29, 0.717) is 39.4 Å². The Labute approximate surface area is 199 Å². The molecule has 0 fully saturated rings. The molecule has 2 rings (SSSR count). The van der Waals surface area contributed by atoms with Crippen LogP contribution in [-0.4, -0.2) is 55.3 Å². The van der Waals surface area contributed by atoms with Crippen molar-refractivity contribution in [2.24, 2.45) is 5.10 Å². The maximum absolute atomic E-state index is 12.8. The largest absolute Gasteiger partial charge is 0.490 e. The number of hydrogen-bond acceptors (Lipinski definition) is 7. The van der Waals surface area contributed by atoms with Crippen LogP contribution in [0.15, 0.2) is 31.4 Å². The number of pyridine rings is 1. The first-order valence-electron chi connectivity index (χ1n) is 9.70. The van der Waals surface area contributed by atoms with Gasteiger partial charge in [-0.1, -0.05) is 0 Å². The molecule has 0 aliphatic carbocycles. The zero-order chi connectivity index (χ0) is 24.0. The van der Waals surface area contributed by atoms with Crippen LogP contribution in [0, 0.1) is 25.2 Å². The number of carbonyl (C=O) groups excluding carboxylic acids is 1. The van der Waals surface area contributed by atoms with Crippen molar-refractivity contribution in [1.82, 2.24) is 9.58 Å². The third kappa shape index (κ3) is 5.53. The standard InChI is InChI=1S/C22H25BrN4O4S/c1-7-30-18-9-15(8-17(23)20(18)31-12-19(28)26(4)5)11-25-27-14(3)21(32-6)13(2)16(10-24)22(27)29/h8-9,11H,7,12H2,1-6H3. The summed E-state index contributed by atoms with van der Waals surface area (Å²) >= 11 is 4.92. The molecule has 1 aromatic heterocycles. The number of benzene rings is 1. The van der Waals surface area contributed by atoms with Gasteiger partial charge in [-0.15, -0.1) is 11.8 Å². The molecular weight excluding hydrogens is 496 g/mol. The van der Waals surface area contributed by atoms with E-state index in [1.54, 1.807) is 40.1 Å². The van der Waals surface area contributed by atoms with Crippen LogP contribution in [0.5, 0.6) is 11.5 Å². The Balaban J connectivity index is 2.49. The second kappa shape index (κ2) is 11.2. The van der Waals surface area contributed by atoms with E-state index >= 15 is 0 Å². The van der Waals surface area contributed by atoms with Crippen LogP contribution in [0.2, 0.25) is 0 Å². The zero-order valence-corrected chi connectivity index (χ0v) is 21.3. The number of rotatable bonds is 8. The second-order valence-corrected chi connectivity index (χ2v) is 8.60. The van der Waals surface area contributed by atoms with Gasteiger partial charge in [0.05, 0.1) is 23.0 Å². The number of nitrogens with zero attached hydrogens (tertiary/aromatic N) is 4. The van der Waals surface area contributed by atoms with Crippen molar-refractivity contribution in [1.29, 1.82) is 5.26 Å². The smallest absolute Gasteiger partial charge is 0.289 e. The molecule has 0 unspecified atom stereocenters. The first-order valence-corrected chi connectivity index (χ1v) is 11.7. The highest BCUT2D eigenvalue weighted by atomic mass is 79.9. The van der Waals surface area contributed by atoms with E-state index in [2.05, 4.69) is 21.0 Å². The molecule has 8 nitrogen and oxygen atoms in total. The van der Waals surface area contributed by atoms with Gasteiger partial charge in [-0.25, -0.2) is 0 Å². The molecule has 170 valence electrons. The lowest BCUT2D eigenvalue weighted by molar-refractivity contribution is -0.130. The number of aromatic nitrogens is 1. The molecule has 1 amide bonds. The average molecular weight is 521 g/mol. The Hall–Kier alpha value is -2.77. The number of thioether (sulfide) groups is 1. The van der Waals surface area contributed by atoms with Crippen LogP contribution < -0.4 is 15.0 Å². The van der Waals surface area contributed by atoms with Gasteiger partial charge in [-0.05, 0) is 66.2 Å². The normalized spacial score (nSPS) is 10.8. The van der Waals surface area contributed by atoms with Gasteiger partial charge in [0.15, 0.2) is 18.1 Å². The van der Waals surface area contributed by atoms with Crippen LogP contribution in [0.3, 0.4) is 0 Å². The Morgan fingerprint density at radius 3 is 2.59 bits per heavy atom. The summed E-state index contributed by atoms with van der Waals surface area (Å²) in [6.07, 6.45) is 3.40. The Morgan fingerprint density at radius 1 is 1.34 bits per heavy atom. The van der Waals surface area contributed by atoms with Crippen molar-refractivity contribution in [3.05, 3.63) is 49.3 Å². The highest BCUT2D eigenvalue weighted by molar-refractivity contribution is 9.10. The highest BCUT2D eigenvalue weighted by Crippen LogP contribution is 2.36. The van der Waals surface area contributed by atoms with E-state index in [1.807, 2.05) is 19.2 Å². The summed E-state index contributed by atoms with van der Waals surface area (Å²) in [7, 11) is 3.30. The van der Waals surface area contributed by atoms with Crippen molar-refractivity contribution in [3.63, 3.8) is 0 Å². The van der Waals surface area contributed by atoms with Crippen molar-refractivity contribution in [2.45, 2.75) is 25.7 Å². The lowest BCUT2D eigenvalue weighted by Gasteiger charge is -2.16. The number of carbonyl (C=O) groups is 1. The fraction of sp³-hybridized carbons (Fsp3) is 0.364. The molecule has 0 aliphatic rings. The first-order chi connectivity index (χ1) is 15.2. The summed E-state index contributed by atoms with van der Waals surface area (Å²) in [5.41, 5.74) is 1.55. The molecule has 2 aromatic rings. The maximum atomic E-state index is 12.8. The van der Waals surface area contributed by atoms with Crippen molar-refractivity contribution < 1.29 is 14.3 Å². The van der Waals surface area contributed by atoms with Gasteiger partial charge in [0.1, 0.15) is 11.6 Å². The molecule has 1 heterocycles. The van der Waals surface area contributed by atoms with Gasteiger partial charge in [-0.3, -0.25) is 9.59 Å². The highest BCUT2D eigenvalue weighted by Gasteiger charge is 2.17. The molecule has 0 saturated heterocycles. The number of halogens is 1. The summed E-state index contributed by atoms with van der Waals surface area (Å²) < 4.78 is 13.2. The fourth-order valence-electron chi connectivity index (χ4n) is 2.92. The molecule has 0 N–H and O–H groups in total. The predicted molar refractivity (Wildman–Crippen MR) is 129 cm³/mol. The first kappa shape index (κ1) is 25.5. The summed E-state index contributed by atoms with van der Waals surface area (Å²) in [6.45, 7) is 5.65. The molecule has 32 heavy (non-hydrogen) atoms. The maximum Gasteiger partial charge on any atom is 0.289 e. The van der Waals surface area contributed by atoms with E-state index in [-0.39, 0.29) is 18.1 Å². The Kier molecular flexibility index (Phi) is 8.92. The Bertz CT molecular complexity index is 1150. The minimum atomic E-state index is -0.470. The van der Waals surface area contributed by atoms with Gasteiger partial charge in [-0.2, -0.15) is 15.0 Å². The van der Waals surface area contributed by atoms with Crippen molar-refractivity contribution in [3.8, 4) is 17.6 Å². The minimum absolute atomic E-state index is 0.0718. The molecule has 0 atom stereocenters. The topological polar surface area (TPSA) is 96.9 Å². The van der Waals surface area contributed by atoms with E-state index in [4.69, 9.17) is 9.47 Å². The second-order valence-electron chi connectivity index (χ2n) is 6.93. The third-order valence-corrected chi connectivity index (χ3v) is 6.18. The van der Waals surface area contributed by atoms with E-state index in [0.717, 1.165) is 4.90 Å². The molecule has 0 bridgehead atoms. The zero-order valence-electron chi connectivity index (χ0n) is 18.9. The van der Waals surface area contributed by atoms with Crippen LogP contribution in [-0.2, 0) is 4.79 Å². The lowest BCUT2D eigenvalue weighted by atomic mass is 10.1.